The summed E-state index contributed by atoms with van der Waals surface area (Å²) in [6.07, 6.45) is 1.48. The Kier molecular flexibility index (Phi) is 3.99. The van der Waals surface area contributed by atoms with Gasteiger partial charge in [0.05, 0.1) is 13.7 Å². The Labute approximate surface area is 114 Å². The van der Waals surface area contributed by atoms with E-state index < -0.39 is 11.9 Å². The van der Waals surface area contributed by atoms with Crippen molar-refractivity contribution in [2.24, 2.45) is 5.73 Å². The highest BCUT2D eigenvalue weighted by atomic mass is 16.5. The molecule has 7 nitrogen and oxygen atoms in total. The Hall–Kier alpha value is -2.83. The molecule has 0 aromatic carbocycles. The van der Waals surface area contributed by atoms with Crippen LogP contribution in [0.15, 0.2) is 34.9 Å². The van der Waals surface area contributed by atoms with Crippen LogP contribution in [-0.2, 0) is 11.3 Å². The fraction of sp³-hybridized carbons (Fsp3) is 0.154. The van der Waals surface area contributed by atoms with E-state index in [9.17, 15) is 9.59 Å². The molecule has 0 saturated carbocycles. The summed E-state index contributed by atoms with van der Waals surface area (Å²) in [7, 11) is 1.28. The van der Waals surface area contributed by atoms with Gasteiger partial charge in [-0.15, -0.1) is 0 Å². The zero-order chi connectivity index (χ0) is 14.5. The molecular weight excluding hydrogens is 262 g/mol. The normalized spacial score (nSPS) is 10.1. The van der Waals surface area contributed by atoms with Crippen molar-refractivity contribution in [1.29, 1.82) is 0 Å². The highest BCUT2D eigenvalue weighted by Gasteiger charge is 2.11. The summed E-state index contributed by atoms with van der Waals surface area (Å²) in [5, 5.41) is 3.03. The molecule has 1 amide bonds. The maximum absolute atomic E-state index is 11.2. The van der Waals surface area contributed by atoms with E-state index in [0.717, 1.165) is 0 Å². The van der Waals surface area contributed by atoms with Crippen molar-refractivity contribution in [1.82, 2.24) is 4.98 Å². The average molecular weight is 275 g/mol. The first kappa shape index (κ1) is 13.6. The van der Waals surface area contributed by atoms with Crippen molar-refractivity contribution in [3.8, 4) is 0 Å². The number of rotatable bonds is 5. The molecule has 0 radical (unpaired) electrons. The number of aromatic nitrogens is 1. The summed E-state index contributed by atoms with van der Waals surface area (Å²) in [5.41, 5.74) is 5.98. The van der Waals surface area contributed by atoms with Gasteiger partial charge in [-0.05, 0) is 24.3 Å². The number of nitrogens with zero attached hydrogens (tertiary/aromatic N) is 1. The third kappa shape index (κ3) is 3.14. The van der Waals surface area contributed by atoms with E-state index in [-0.39, 0.29) is 11.5 Å². The minimum Gasteiger partial charge on any atom is -0.463 e. The second-order valence-corrected chi connectivity index (χ2v) is 3.91. The number of esters is 1. The van der Waals surface area contributed by atoms with Crippen molar-refractivity contribution >= 4 is 17.6 Å². The Bertz CT molecular complexity index is 636. The molecule has 3 N–H and O–H groups in total. The minimum absolute atomic E-state index is 0.136. The summed E-state index contributed by atoms with van der Waals surface area (Å²) < 4.78 is 9.83. The van der Waals surface area contributed by atoms with Crippen LogP contribution in [0.3, 0.4) is 0 Å². The molecule has 0 atom stereocenters. The van der Waals surface area contributed by atoms with E-state index in [4.69, 9.17) is 10.2 Å². The van der Waals surface area contributed by atoms with Gasteiger partial charge in [-0.2, -0.15) is 0 Å². The molecule has 2 heterocycles. The lowest BCUT2D eigenvalue weighted by molar-refractivity contribution is 0.0563. The van der Waals surface area contributed by atoms with Gasteiger partial charge < -0.3 is 20.2 Å². The van der Waals surface area contributed by atoms with E-state index in [0.29, 0.717) is 18.0 Å². The SMILES string of the molecule is COC(=O)c1ccc(CNc2ccnc(C(N)=O)c2)o1. The van der Waals surface area contributed by atoms with Crippen molar-refractivity contribution in [3.63, 3.8) is 0 Å². The number of anilines is 1. The Morgan fingerprint density at radius 3 is 2.90 bits per heavy atom. The molecule has 20 heavy (non-hydrogen) atoms. The molecule has 0 bridgehead atoms. The standard InChI is InChI=1S/C13H13N3O4/c1-19-13(18)11-3-2-9(20-11)7-16-8-4-5-15-10(6-8)12(14)17/h2-6H,7H2,1H3,(H2,14,17)(H,15,16). The van der Waals surface area contributed by atoms with Gasteiger partial charge in [0.25, 0.3) is 5.91 Å². The molecule has 0 saturated heterocycles. The maximum Gasteiger partial charge on any atom is 0.373 e. The quantitative estimate of drug-likeness (QED) is 0.793. The molecule has 104 valence electrons. The van der Waals surface area contributed by atoms with Gasteiger partial charge in [0, 0.05) is 11.9 Å². The number of nitrogens with two attached hydrogens (primary N) is 1. The molecule has 2 aromatic heterocycles. The Morgan fingerprint density at radius 2 is 2.20 bits per heavy atom. The van der Waals surface area contributed by atoms with Gasteiger partial charge in [0.2, 0.25) is 5.76 Å². The molecule has 0 aliphatic heterocycles. The lowest BCUT2D eigenvalue weighted by atomic mass is 10.3. The van der Waals surface area contributed by atoms with Gasteiger partial charge in [-0.25, -0.2) is 4.79 Å². The largest absolute Gasteiger partial charge is 0.463 e. The van der Waals surface area contributed by atoms with Crippen LogP contribution in [0.2, 0.25) is 0 Å². The predicted molar refractivity (Wildman–Crippen MR) is 70.1 cm³/mol. The minimum atomic E-state index is -0.598. The summed E-state index contributed by atoms with van der Waals surface area (Å²) in [6.45, 7) is 0.346. The fourth-order valence-corrected chi connectivity index (χ4v) is 1.55. The van der Waals surface area contributed by atoms with Crippen molar-refractivity contribution in [3.05, 3.63) is 47.7 Å². The van der Waals surface area contributed by atoms with Crippen molar-refractivity contribution in [2.75, 3.05) is 12.4 Å². The van der Waals surface area contributed by atoms with Crippen LogP contribution in [0, 0.1) is 0 Å². The molecule has 0 spiro atoms. The third-order valence-corrected chi connectivity index (χ3v) is 2.53. The summed E-state index contributed by atoms with van der Waals surface area (Å²) >= 11 is 0. The zero-order valence-corrected chi connectivity index (χ0v) is 10.8. The first-order chi connectivity index (χ1) is 9.60. The lowest BCUT2D eigenvalue weighted by Gasteiger charge is -2.05. The first-order valence-electron chi connectivity index (χ1n) is 5.77. The van der Waals surface area contributed by atoms with Crippen molar-refractivity contribution in [2.45, 2.75) is 6.54 Å². The summed E-state index contributed by atoms with van der Waals surface area (Å²) in [5.74, 6) is -0.435. The van der Waals surface area contributed by atoms with Crippen LogP contribution in [0.1, 0.15) is 26.8 Å². The number of carbonyl (C=O) groups is 2. The third-order valence-electron chi connectivity index (χ3n) is 2.53. The van der Waals surface area contributed by atoms with E-state index in [2.05, 4.69) is 15.0 Å². The van der Waals surface area contributed by atoms with Gasteiger partial charge in [-0.3, -0.25) is 9.78 Å². The molecule has 0 aliphatic carbocycles. The molecule has 2 aromatic rings. The topological polar surface area (TPSA) is 107 Å². The number of hydrogen-bond acceptors (Lipinski definition) is 6. The van der Waals surface area contributed by atoms with Crippen LogP contribution >= 0.6 is 0 Å². The highest BCUT2D eigenvalue weighted by molar-refractivity contribution is 5.91. The zero-order valence-electron chi connectivity index (χ0n) is 10.8. The highest BCUT2D eigenvalue weighted by Crippen LogP contribution is 2.13. The van der Waals surface area contributed by atoms with Gasteiger partial charge >= 0.3 is 5.97 Å². The Balaban J connectivity index is 2.01. The molecule has 2 rings (SSSR count). The van der Waals surface area contributed by atoms with E-state index in [1.807, 2.05) is 0 Å². The van der Waals surface area contributed by atoms with Gasteiger partial charge in [0.1, 0.15) is 11.5 Å². The first-order valence-corrected chi connectivity index (χ1v) is 5.77. The van der Waals surface area contributed by atoms with Crippen LogP contribution < -0.4 is 11.1 Å². The summed E-state index contributed by atoms with van der Waals surface area (Å²) in [6, 6.07) is 6.42. The lowest BCUT2D eigenvalue weighted by Crippen LogP contribution is -2.13. The molecule has 0 fully saturated rings. The smallest absolute Gasteiger partial charge is 0.373 e. The molecule has 0 unspecified atom stereocenters. The van der Waals surface area contributed by atoms with Crippen LogP contribution in [0.5, 0.6) is 0 Å². The maximum atomic E-state index is 11.2. The number of amides is 1. The predicted octanol–water partition coefficient (Wildman–Crippen LogP) is 1.17. The van der Waals surface area contributed by atoms with Crippen LogP contribution in [0.25, 0.3) is 0 Å². The average Bonchev–Trinajstić information content (AvgIpc) is 2.93. The molecular formula is C13H13N3O4. The monoisotopic (exact) mass is 275 g/mol. The molecule has 0 aliphatic rings. The summed E-state index contributed by atoms with van der Waals surface area (Å²) in [4.78, 5) is 26.1. The number of pyridine rings is 1. The van der Waals surface area contributed by atoms with E-state index in [1.165, 1.54) is 25.4 Å². The van der Waals surface area contributed by atoms with Gasteiger partial charge in [0.15, 0.2) is 0 Å². The number of carbonyl (C=O) groups excluding carboxylic acids is 2. The van der Waals surface area contributed by atoms with Crippen molar-refractivity contribution < 1.29 is 18.7 Å². The second-order valence-electron chi connectivity index (χ2n) is 3.91. The number of ether oxygens (including phenoxy) is 1. The number of furan rings is 1. The van der Waals surface area contributed by atoms with Gasteiger partial charge in [-0.1, -0.05) is 0 Å². The molecule has 7 heteroatoms. The number of primary amides is 1. The van der Waals surface area contributed by atoms with E-state index in [1.54, 1.807) is 12.1 Å². The van der Waals surface area contributed by atoms with Crippen LogP contribution in [0.4, 0.5) is 5.69 Å². The number of hydrogen-bond donors (Lipinski definition) is 2. The Morgan fingerprint density at radius 1 is 1.40 bits per heavy atom. The number of nitrogens with one attached hydrogen (secondary N) is 1. The van der Waals surface area contributed by atoms with E-state index >= 15 is 0 Å². The number of methoxy groups -OCH3 is 1. The second kappa shape index (κ2) is 5.87. The van der Waals surface area contributed by atoms with Crippen LogP contribution in [-0.4, -0.2) is 24.0 Å². The fourth-order valence-electron chi connectivity index (χ4n) is 1.55.